The molecule has 1 aromatic heterocycles. The van der Waals surface area contributed by atoms with E-state index in [2.05, 4.69) is 5.32 Å². The van der Waals surface area contributed by atoms with Crippen LogP contribution in [0, 0.1) is 6.92 Å². The van der Waals surface area contributed by atoms with E-state index in [4.69, 9.17) is 0 Å². The highest BCUT2D eigenvalue weighted by Gasteiger charge is 2.29. The fourth-order valence-electron chi connectivity index (χ4n) is 2.85. The number of carbonyl (C=O) groups is 1. The zero-order valence-corrected chi connectivity index (χ0v) is 12.9. The molecule has 1 fully saturated rings. The third kappa shape index (κ3) is 2.68. The van der Waals surface area contributed by atoms with Gasteiger partial charge < -0.3 is 9.88 Å². The molecule has 6 heteroatoms. The number of hydrogen-bond donors (Lipinski definition) is 1. The number of nitrogens with one attached hydrogen (secondary N) is 1. The lowest BCUT2D eigenvalue weighted by molar-refractivity contribution is 0.0933. The van der Waals surface area contributed by atoms with Crippen LogP contribution in [0.3, 0.4) is 0 Å². The summed E-state index contributed by atoms with van der Waals surface area (Å²) in [5.41, 5.74) is 2.69. The number of nitrogens with zero attached hydrogens (tertiary/aromatic N) is 1. The van der Waals surface area contributed by atoms with E-state index in [1.165, 1.54) is 0 Å². The molecular formula is C15H18N2O3S. The van der Waals surface area contributed by atoms with Crippen molar-refractivity contribution in [3.05, 3.63) is 35.5 Å². The second-order valence-corrected chi connectivity index (χ2v) is 7.95. The van der Waals surface area contributed by atoms with Gasteiger partial charge in [0.2, 0.25) is 0 Å². The lowest BCUT2D eigenvalue weighted by Gasteiger charge is -2.11. The van der Waals surface area contributed by atoms with Crippen molar-refractivity contribution in [3.8, 4) is 0 Å². The summed E-state index contributed by atoms with van der Waals surface area (Å²) in [7, 11) is -1.14. The van der Waals surface area contributed by atoms with Crippen molar-refractivity contribution >= 4 is 26.6 Å². The van der Waals surface area contributed by atoms with Gasteiger partial charge in [0.1, 0.15) is 5.69 Å². The van der Waals surface area contributed by atoms with Gasteiger partial charge in [-0.05, 0) is 31.5 Å². The fraction of sp³-hybridized carbons (Fsp3) is 0.400. The Bertz CT molecular complexity index is 821. The molecule has 21 heavy (non-hydrogen) atoms. The van der Waals surface area contributed by atoms with Crippen LogP contribution in [0.4, 0.5) is 0 Å². The van der Waals surface area contributed by atoms with Crippen molar-refractivity contribution in [1.82, 2.24) is 9.88 Å². The number of aromatic nitrogens is 1. The average molecular weight is 306 g/mol. The maximum absolute atomic E-state index is 12.4. The van der Waals surface area contributed by atoms with Crippen molar-refractivity contribution in [1.29, 1.82) is 0 Å². The van der Waals surface area contributed by atoms with Crippen molar-refractivity contribution in [2.24, 2.45) is 7.05 Å². The van der Waals surface area contributed by atoms with Crippen LogP contribution in [0.5, 0.6) is 0 Å². The van der Waals surface area contributed by atoms with Gasteiger partial charge in [0, 0.05) is 24.0 Å². The second-order valence-electron chi connectivity index (χ2n) is 5.72. The first kappa shape index (κ1) is 14.1. The fourth-order valence-corrected chi connectivity index (χ4v) is 4.53. The number of rotatable bonds is 2. The molecule has 1 atom stereocenters. The van der Waals surface area contributed by atoms with Crippen LogP contribution in [-0.4, -0.2) is 36.4 Å². The van der Waals surface area contributed by atoms with Crippen molar-refractivity contribution in [2.45, 2.75) is 19.4 Å². The number of hydrogen-bond acceptors (Lipinski definition) is 3. The number of carbonyl (C=O) groups excluding carboxylic acids is 1. The maximum atomic E-state index is 12.4. The summed E-state index contributed by atoms with van der Waals surface area (Å²) in [6.07, 6.45) is 0.497. The Labute approximate surface area is 123 Å². The molecule has 1 aromatic carbocycles. The molecule has 0 aliphatic carbocycles. The minimum Gasteiger partial charge on any atom is -0.347 e. The van der Waals surface area contributed by atoms with Gasteiger partial charge in [0.15, 0.2) is 9.84 Å². The molecular weight excluding hydrogens is 288 g/mol. The summed E-state index contributed by atoms with van der Waals surface area (Å²) in [4.78, 5) is 12.4. The molecule has 2 heterocycles. The molecule has 2 aromatic rings. The summed E-state index contributed by atoms with van der Waals surface area (Å²) in [5.74, 6) is -0.0120. The van der Waals surface area contributed by atoms with Gasteiger partial charge in [-0.1, -0.05) is 11.6 Å². The zero-order valence-electron chi connectivity index (χ0n) is 12.1. The monoisotopic (exact) mass is 306 g/mol. The maximum Gasteiger partial charge on any atom is 0.268 e. The van der Waals surface area contributed by atoms with Crippen molar-refractivity contribution < 1.29 is 13.2 Å². The summed E-state index contributed by atoms with van der Waals surface area (Å²) in [5, 5.41) is 3.84. The molecule has 0 saturated carbocycles. The highest BCUT2D eigenvalue weighted by Crippen LogP contribution is 2.20. The normalized spacial score (nSPS) is 20.8. The highest BCUT2D eigenvalue weighted by atomic mass is 32.2. The van der Waals surface area contributed by atoms with E-state index in [1.807, 2.05) is 42.8 Å². The molecule has 0 radical (unpaired) electrons. The smallest absolute Gasteiger partial charge is 0.268 e. The molecule has 0 spiro atoms. The molecule has 3 rings (SSSR count). The predicted molar refractivity (Wildman–Crippen MR) is 82.2 cm³/mol. The lowest BCUT2D eigenvalue weighted by Crippen LogP contribution is -2.36. The first-order valence-corrected chi connectivity index (χ1v) is 8.75. The number of fused-ring (bicyclic) bond motifs is 1. The van der Waals surface area contributed by atoms with Gasteiger partial charge in [0.05, 0.1) is 11.5 Å². The quantitative estimate of drug-likeness (QED) is 0.912. The molecule has 1 N–H and O–H groups in total. The largest absolute Gasteiger partial charge is 0.347 e. The minimum absolute atomic E-state index is 0.0434. The Morgan fingerprint density at radius 3 is 2.76 bits per heavy atom. The summed E-state index contributed by atoms with van der Waals surface area (Å²) >= 11 is 0. The zero-order chi connectivity index (χ0) is 15.2. The molecule has 1 aliphatic rings. The van der Waals surface area contributed by atoms with Crippen LogP contribution in [0.25, 0.3) is 10.9 Å². The Balaban J connectivity index is 1.87. The Hall–Kier alpha value is -1.82. The number of benzene rings is 1. The van der Waals surface area contributed by atoms with E-state index in [9.17, 15) is 13.2 Å². The van der Waals surface area contributed by atoms with Gasteiger partial charge in [-0.3, -0.25) is 4.79 Å². The summed E-state index contributed by atoms with van der Waals surface area (Å²) in [6, 6.07) is 7.60. The van der Waals surface area contributed by atoms with E-state index in [1.54, 1.807) is 0 Å². The minimum atomic E-state index is -2.99. The van der Waals surface area contributed by atoms with Crippen LogP contribution < -0.4 is 5.32 Å². The van der Waals surface area contributed by atoms with E-state index >= 15 is 0 Å². The Kier molecular flexibility index (Phi) is 3.28. The standard InChI is InChI=1S/C15H18N2O3S/c1-10-3-4-13-11(7-10)8-14(17(13)2)15(18)16-12-5-6-21(19,20)9-12/h3-4,7-8,12H,5-6,9H2,1-2H3,(H,16,18). The Morgan fingerprint density at radius 1 is 1.33 bits per heavy atom. The molecule has 112 valence electrons. The summed E-state index contributed by atoms with van der Waals surface area (Å²) in [6.45, 7) is 2.01. The lowest BCUT2D eigenvalue weighted by atomic mass is 10.2. The third-order valence-corrected chi connectivity index (χ3v) is 5.77. The van der Waals surface area contributed by atoms with Crippen LogP contribution in [0.1, 0.15) is 22.5 Å². The molecule has 1 saturated heterocycles. The van der Waals surface area contributed by atoms with Gasteiger partial charge >= 0.3 is 0 Å². The van der Waals surface area contributed by atoms with Crippen LogP contribution in [0.15, 0.2) is 24.3 Å². The van der Waals surface area contributed by atoms with Gasteiger partial charge in [0.25, 0.3) is 5.91 Å². The van der Waals surface area contributed by atoms with Crippen molar-refractivity contribution in [2.75, 3.05) is 11.5 Å². The van der Waals surface area contributed by atoms with E-state index in [-0.39, 0.29) is 23.5 Å². The number of amides is 1. The number of aryl methyl sites for hydroxylation is 2. The SMILES string of the molecule is Cc1ccc2c(c1)cc(C(=O)NC1CCS(=O)(=O)C1)n2C. The van der Waals surface area contributed by atoms with E-state index in [0.717, 1.165) is 16.5 Å². The van der Waals surface area contributed by atoms with Crippen LogP contribution in [-0.2, 0) is 16.9 Å². The van der Waals surface area contributed by atoms with Crippen LogP contribution in [0.2, 0.25) is 0 Å². The molecule has 1 amide bonds. The average Bonchev–Trinajstić information content (AvgIpc) is 2.90. The molecule has 1 aliphatic heterocycles. The molecule has 5 nitrogen and oxygen atoms in total. The van der Waals surface area contributed by atoms with Gasteiger partial charge in [-0.25, -0.2) is 8.42 Å². The van der Waals surface area contributed by atoms with Gasteiger partial charge in [-0.2, -0.15) is 0 Å². The third-order valence-electron chi connectivity index (χ3n) is 4.00. The molecule has 0 bridgehead atoms. The van der Waals surface area contributed by atoms with Crippen LogP contribution >= 0.6 is 0 Å². The first-order valence-electron chi connectivity index (χ1n) is 6.93. The van der Waals surface area contributed by atoms with Crippen molar-refractivity contribution in [3.63, 3.8) is 0 Å². The van der Waals surface area contributed by atoms with E-state index < -0.39 is 9.84 Å². The topological polar surface area (TPSA) is 68.2 Å². The number of sulfone groups is 1. The predicted octanol–water partition coefficient (Wildman–Crippen LogP) is 1.40. The van der Waals surface area contributed by atoms with Gasteiger partial charge in [-0.15, -0.1) is 0 Å². The second kappa shape index (κ2) is 4.87. The van der Waals surface area contributed by atoms with E-state index in [0.29, 0.717) is 12.1 Å². The summed E-state index contributed by atoms with van der Waals surface area (Å²) < 4.78 is 24.7. The Morgan fingerprint density at radius 2 is 2.10 bits per heavy atom. The first-order chi connectivity index (χ1) is 9.85. The highest BCUT2D eigenvalue weighted by molar-refractivity contribution is 7.91. The molecule has 1 unspecified atom stereocenters.